The second kappa shape index (κ2) is 10.6. The number of nitrogens with zero attached hydrogens (tertiary/aromatic N) is 2. The van der Waals surface area contributed by atoms with Gasteiger partial charge >= 0.3 is 12.6 Å². The molecule has 0 N–H and O–H groups in total. The molecule has 0 spiro atoms. The first-order valence-corrected chi connectivity index (χ1v) is 11.2. The second-order valence-corrected chi connectivity index (χ2v) is 8.55. The van der Waals surface area contributed by atoms with Gasteiger partial charge in [0.1, 0.15) is 0 Å². The first-order chi connectivity index (χ1) is 14.9. The van der Waals surface area contributed by atoms with Gasteiger partial charge in [-0.1, -0.05) is 31.5 Å². The van der Waals surface area contributed by atoms with Crippen LogP contribution in [0.5, 0.6) is 0 Å². The summed E-state index contributed by atoms with van der Waals surface area (Å²) in [6, 6.07) is 8.23. The molecule has 1 aromatic heterocycles. The van der Waals surface area contributed by atoms with Crippen molar-refractivity contribution < 1.29 is 23.0 Å². The maximum atomic E-state index is 12.5. The molecule has 2 atom stereocenters. The number of hydrogen-bond acceptors (Lipinski definition) is 4. The van der Waals surface area contributed by atoms with Crippen LogP contribution in [-0.4, -0.2) is 54.9 Å². The lowest BCUT2D eigenvalue weighted by atomic mass is 9.90. The maximum absolute atomic E-state index is 12.5. The molecule has 0 bridgehead atoms. The van der Waals surface area contributed by atoms with Crippen molar-refractivity contribution >= 4 is 16.9 Å². The molecule has 0 radical (unpaired) electrons. The van der Waals surface area contributed by atoms with Gasteiger partial charge in [0.2, 0.25) is 0 Å². The summed E-state index contributed by atoms with van der Waals surface area (Å²) in [5.41, 5.74) is 2.64. The van der Waals surface area contributed by atoms with E-state index in [1.165, 1.54) is 7.11 Å². The quantitative estimate of drug-likeness (QED) is 0.442. The molecule has 172 valence electrons. The van der Waals surface area contributed by atoms with Crippen LogP contribution in [0.2, 0.25) is 0 Å². The van der Waals surface area contributed by atoms with Crippen LogP contribution >= 0.6 is 0 Å². The van der Waals surface area contributed by atoms with Crippen LogP contribution in [0.3, 0.4) is 0 Å². The van der Waals surface area contributed by atoms with E-state index in [9.17, 15) is 13.6 Å². The van der Waals surface area contributed by atoms with Crippen molar-refractivity contribution in [2.45, 2.75) is 65.2 Å². The number of hydrogen-bond donors (Lipinski definition) is 0. The minimum absolute atomic E-state index is 0.231. The smallest absolute Gasteiger partial charge is 0.345 e. The Hall–Kier alpha value is -1.99. The van der Waals surface area contributed by atoms with E-state index in [0.29, 0.717) is 24.6 Å². The number of ether oxygens (including phenoxy) is 2. The standard InChI is InChI=1S/C24H34F2N2O3/c1-5-9-18(10-8-13-27-14-19(15-27)31-24(25)26)16(2)28-17(3)22(23(29)30-4)20-11-6-7-12-21(20)28/h6-7,11-12,16,18-19,24H,5,8-10,13-15H2,1-4H3/t16-,18?/m1/s1. The molecule has 1 saturated heterocycles. The van der Waals surface area contributed by atoms with Crippen molar-refractivity contribution in [2.24, 2.45) is 5.92 Å². The van der Waals surface area contributed by atoms with Crippen LogP contribution in [0.4, 0.5) is 8.78 Å². The Kier molecular flexibility index (Phi) is 8.06. The lowest BCUT2D eigenvalue weighted by molar-refractivity contribution is -0.195. The average Bonchev–Trinajstić information content (AvgIpc) is 3.01. The van der Waals surface area contributed by atoms with E-state index < -0.39 is 6.61 Å². The van der Waals surface area contributed by atoms with Crippen LogP contribution in [0.25, 0.3) is 10.9 Å². The average molecular weight is 437 g/mol. The summed E-state index contributed by atoms with van der Waals surface area (Å²) >= 11 is 0. The van der Waals surface area contributed by atoms with Gasteiger partial charge in [0.15, 0.2) is 0 Å². The van der Waals surface area contributed by atoms with Crippen molar-refractivity contribution in [3.05, 3.63) is 35.5 Å². The normalized spacial score (nSPS) is 17.1. The van der Waals surface area contributed by atoms with Gasteiger partial charge in [0.25, 0.3) is 0 Å². The van der Waals surface area contributed by atoms with E-state index in [-0.39, 0.29) is 18.1 Å². The second-order valence-electron chi connectivity index (χ2n) is 8.55. The number of benzene rings is 1. The minimum Gasteiger partial charge on any atom is -0.465 e. The lowest BCUT2D eigenvalue weighted by Crippen LogP contribution is -2.52. The highest BCUT2D eigenvalue weighted by molar-refractivity contribution is 6.05. The highest BCUT2D eigenvalue weighted by Gasteiger charge is 2.30. The van der Waals surface area contributed by atoms with Crippen LogP contribution in [0.1, 0.15) is 61.6 Å². The highest BCUT2D eigenvalue weighted by Crippen LogP contribution is 2.35. The van der Waals surface area contributed by atoms with Crippen LogP contribution in [-0.2, 0) is 9.47 Å². The third-order valence-corrected chi connectivity index (χ3v) is 6.56. The molecule has 31 heavy (non-hydrogen) atoms. The van der Waals surface area contributed by atoms with E-state index in [4.69, 9.17) is 4.74 Å². The predicted molar refractivity (Wildman–Crippen MR) is 118 cm³/mol. The van der Waals surface area contributed by atoms with E-state index in [1.54, 1.807) is 0 Å². The van der Waals surface area contributed by atoms with Gasteiger partial charge in [-0.25, -0.2) is 4.79 Å². The van der Waals surface area contributed by atoms with Crippen molar-refractivity contribution in [1.82, 2.24) is 9.47 Å². The molecular formula is C24H34F2N2O3. The van der Waals surface area contributed by atoms with E-state index >= 15 is 0 Å². The first-order valence-electron chi connectivity index (χ1n) is 11.2. The molecule has 2 aromatic rings. The summed E-state index contributed by atoms with van der Waals surface area (Å²) in [5.74, 6) is 0.157. The largest absolute Gasteiger partial charge is 0.465 e. The number of esters is 1. The zero-order chi connectivity index (χ0) is 22.5. The summed E-state index contributed by atoms with van der Waals surface area (Å²) in [4.78, 5) is 14.6. The number of carbonyl (C=O) groups excluding carboxylic acids is 1. The Morgan fingerprint density at radius 2 is 1.94 bits per heavy atom. The number of alkyl halides is 2. The van der Waals surface area contributed by atoms with Crippen molar-refractivity contribution in [3.63, 3.8) is 0 Å². The number of aromatic nitrogens is 1. The highest BCUT2D eigenvalue weighted by atomic mass is 19.3. The summed E-state index contributed by atoms with van der Waals surface area (Å²) in [7, 11) is 1.42. The summed E-state index contributed by atoms with van der Waals surface area (Å²) in [5, 5.41) is 0.930. The fourth-order valence-electron chi connectivity index (χ4n) is 5.00. The third kappa shape index (κ3) is 5.26. The molecule has 0 saturated carbocycles. The Morgan fingerprint density at radius 1 is 1.23 bits per heavy atom. The van der Waals surface area contributed by atoms with Gasteiger partial charge in [-0.3, -0.25) is 4.90 Å². The zero-order valence-electron chi connectivity index (χ0n) is 18.9. The zero-order valence-corrected chi connectivity index (χ0v) is 18.9. The summed E-state index contributed by atoms with van der Waals surface area (Å²) in [6.07, 6.45) is 3.91. The third-order valence-electron chi connectivity index (χ3n) is 6.56. The molecule has 7 heteroatoms. The summed E-state index contributed by atoms with van der Waals surface area (Å²) < 4.78 is 36.4. The fourth-order valence-corrected chi connectivity index (χ4v) is 5.00. The number of para-hydroxylation sites is 1. The van der Waals surface area contributed by atoms with Gasteiger partial charge in [-0.15, -0.1) is 0 Å². The molecule has 1 fully saturated rings. The van der Waals surface area contributed by atoms with Crippen molar-refractivity contribution in [1.29, 1.82) is 0 Å². The van der Waals surface area contributed by atoms with Gasteiger partial charge in [0, 0.05) is 35.7 Å². The first kappa shape index (κ1) is 23.7. The van der Waals surface area contributed by atoms with E-state index in [2.05, 4.69) is 34.1 Å². The summed E-state index contributed by atoms with van der Waals surface area (Å²) in [6.45, 7) is 5.81. The fraction of sp³-hybridized carbons (Fsp3) is 0.625. The Bertz CT molecular complexity index is 877. The molecular weight excluding hydrogens is 402 g/mol. The monoisotopic (exact) mass is 436 g/mol. The molecule has 1 aliphatic heterocycles. The number of halogens is 2. The van der Waals surface area contributed by atoms with Crippen molar-refractivity contribution in [3.8, 4) is 0 Å². The maximum Gasteiger partial charge on any atom is 0.345 e. The number of methoxy groups -OCH3 is 1. The lowest BCUT2D eigenvalue weighted by Gasteiger charge is -2.39. The minimum atomic E-state index is -2.68. The van der Waals surface area contributed by atoms with E-state index in [1.807, 2.05) is 25.1 Å². The molecule has 1 unspecified atom stereocenters. The van der Waals surface area contributed by atoms with Gasteiger partial charge in [-0.05, 0) is 51.6 Å². The van der Waals surface area contributed by atoms with Crippen LogP contribution in [0, 0.1) is 12.8 Å². The number of carbonyl (C=O) groups is 1. The van der Waals surface area contributed by atoms with Crippen molar-refractivity contribution in [2.75, 3.05) is 26.7 Å². The predicted octanol–water partition coefficient (Wildman–Crippen LogP) is 5.42. The topological polar surface area (TPSA) is 43.7 Å². The molecule has 1 aliphatic rings. The molecule has 0 amide bonds. The van der Waals surface area contributed by atoms with Crippen LogP contribution in [0.15, 0.2) is 24.3 Å². The van der Waals surface area contributed by atoms with Gasteiger partial charge in [-0.2, -0.15) is 8.78 Å². The number of rotatable bonds is 11. The van der Waals surface area contributed by atoms with Gasteiger partial charge in [0.05, 0.1) is 18.8 Å². The van der Waals surface area contributed by atoms with Gasteiger partial charge < -0.3 is 14.0 Å². The SMILES string of the molecule is CCCC(CCCN1CC(OC(F)F)C1)[C@@H](C)n1c(C)c(C(=O)OC)c2ccccc21. The molecule has 0 aliphatic carbocycles. The Balaban J connectivity index is 1.70. The van der Waals surface area contributed by atoms with E-state index in [0.717, 1.165) is 48.8 Å². The molecule has 1 aromatic carbocycles. The molecule has 5 nitrogen and oxygen atoms in total. The molecule has 3 rings (SSSR count). The number of fused-ring (bicyclic) bond motifs is 1. The Labute approximate surface area is 183 Å². The molecule has 2 heterocycles. The number of likely N-dealkylation sites (tertiary alicyclic amines) is 1. The van der Waals surface area contributed by atoms with Crippen LogP contribution < -0.4 is 0 Å². The Morgan fingerprint density at radius 3 is 2.58 bits per heavy atom.